The number of para-hydroxylation sites is 1. The molecule has 0 saturated heterocycles. The van der Waals surface area contributed by atoms with Gasteiger partial charge in [0, 0.05) is 10.2 Å². The van der Waals surface area contributed by atoms with Crippen molar-refractivity contribution in [1.82, 2.24) is 0 Å². The second kappa shape index (κ2) is 5.29. The number of aliphatic imine (C=N–C) groups is 1. The van der Waals surface area contributed by atoms with Crippen molar-refractivity contribution in [2.24, 2.45) is 10.7 Å². The van der Waals surface area contributed by atoms with Gasteiger partial charge in [0.1, 0.15) is 0 Å². The molecule has 102 valence electrons. The van der Waals surface area contributed by atoms with Crippen molar-refractivity contribution in [3.8, 4) is 0 Å². The van der Waals surface area contributed by atoms with E-state index in [2.05, 4.69) is 63.1 Å². The van der Waals surface area contributed by atoms with Crippen LogP contribution in [0.1, 0.15) is 17.2 Å². The molecule has 1 aliphatic rings. The second-order valence-corrected chi connectivity index (χ2v) is 5.80. The van der Waals surface area contributed by atoms with E-state index in [4.69, 9.17) is 5.73 Å². The standard InChI is InChI=1S/C16H16BrN3/c1-11-7-8-13(14(17)9-11)15-10-19-16(18)20(15)12-5-3-2-4-6-12/h2-9,15H,10H2,1H3,(H2,18,19). The molecule has 2 aromatic rings. The fourth-order valence-corrected chi connectivity index (χ4v) is 3.30. The molecule has 0 bridgehead atoms. The Kier molecular flexibility index (Phi) is 3.49. The van der Waals surface area contributed by atoms with Crippen LogP contribution in [0.4, 0.5) is 5.69 Å². The fourth-order valence-electron chi connectivity index (χ4n) is 2.54. The van der Waals surface area contributed by atoms with Gasteiger partial charge in [-0.2, -0.15) is 0 Å². The van der Waals surface area contributed by atoms with Crippen LogP contribution in [0.2, 0.25) is 0 Å². The minimum atomic E-state index is 0.146. The van der Waals surface area contributed by atoms with Crippen molar-refractivity contribution in [2.45, 2.75) is 13.0 Å². The molecule has 3 rings (SSSR count). The molecule has 0 fully saturated rings. The van der Waals surface area contributed by atoms with E-state index < -0.39 is 0 Å². The average molecular weight is 330 g/mol. The SMILES string of the molecule is Cc1ccc(C2CN=C(N)N2c2ccccc2)c(Br)c1. The molecule has 2 aromatic carbocycles. The first-order valence-electron chi connectivity index (χ1n) is 6.57. The highest BCUT2D eigenvalue weighted by Gasteiger charge is 2.29. The highest BCUT2D eigenvalue weighted by Crippen LogP contribution is 2.34. The minimum Gasteiger partial charge on any atom is -0.369 e. The molecule has 1 atom stereocenters. The van der Waals surface area contributed by atoms with E-state index in [-0.39, 0.29) is 6.04 Å². The lowest BCUT2D eigenvalue weighted by atomic mass is 10.0. The number of rotatable bonds is 2. The van der Waals surface area contributed by atoms with E-state index in [1.807, 2.05) is 18.2 Å². The monoisotopic (exact) mass is 329 g/mol. The molecule has 0 amide bonds. The van der Waals surface area contributed by atoms with Gasteiger partial charge < -0.3 is 10.6 Å². The number of aryl methyl sites for hydroxylation is 1. The highest BCUT2D eigenvalue weighted by atomic mass is 79.9. The van der Waals surface area contributed by atoms with Crippen LogP contribution >= 0.6 is 15.9 Å². The number of nitrogens with two attached hydrogens (primary N) is 1. The summed E-state index contributed by atoms with van der Waals surface area (Å²) >= 11 is 3.66. The third-order valence-electron chi connectivity index (χ3n) is 3.53. The summed E-state index contributed by atoms with van der Waals surface area (Å²) in [4.78, 5) is 6.51. The highest BCUT2D eigenvalue weighted by molar-refractivity contribution is 9.10. The Hall–Kier alpha value is -1.81. The predicted molar refractivity (Wildman–Crippen MR) is 87.0 cm³/mol. The van der Waals surface area contributed by atoms with E-state index >= 15 is 0 Å². The molecule has 0 aliphatic carbocycles. The van der Waals surface area contributed by atoms with Gasteiger partial charge >= 0.3 is 0 Å². The molecular formula is C16H16BrN3. The fraction of sp³-hybridized carbons (Fsp3) is 0.188. The lowest BCUT2D eigenvalue weighted by Gasteiger charge is -2.27. The van der Waals surface area contributed by atoms with Crippen LogP contribution in [-0.4, -0.2) is 12.5 Å². The van der Waals surface area contributed by atoms with Crippen molar-refractivity contribution in [1.29, 1.82) is 0 Å². The average Bonchev–Trinajstić information content (AvgIpc) is 2.81. The summed E-state index contributed by atoms with van der Waals surface area (Å²) in [7, 11) is 0. The number of nitrogens with zero attached hydrogens (tertiary/aromatic N) is 2. The van der Waals surface area contributed by atoms with E-state index in [0.29, 0.717) is 12.5 Å². The van der Waals surface area contributed by atoms with Gasteiger partial charge in [0.2, 0.25) is 0 Å². The number of anilines is 1. The summed E-state index contributed by atoms with van der Waals surface area (Å²) in [6.07, 6.45) is 0. The molecule has 1 heterocycles. The molecule has 0 radical (unpaired) electrons. The molecule has 0 saturated carbocycles. The molecule has 4 heteroatoms. The van der Waals surface area contributed by atoms with E-state index in [9.17, 15) is 0 Å². The zero-order valence-corrected chi connectivity index (χ0v) is 12.8. The Bertz CT molecular complexity index is 652. The Morgan fingerprint density at radius 2 is 1.95 bits per heavy atom. The van der Waals surface area contributed by atoms with E-state index in [1.165, 1.54) is 11.1 Å². The van der Waals surface area contributed by atoms with Gasteiger partial charge in [-0.1, -0.05) is 46.3 Å². The third-order valence-corrected chi connectivity index (χ3v) is 4.22. The number of guanidine groups is 1. The van der Waals surface area contributed by atoms with Gasteiger partial charge in [0.25, 0.3) is 0 Å². The normalized spacial score (nSPS) is 18.2. The molecule has 2 N–H and O–H groups in total. The van der Waals surface area contributed by atoms with Crippen LogP contribution in [0.25, 0.3) is 0 Å². The van der Waals surface area contributed by atoms with E-state index in [1.54, 1.807) is 0 Å². The van der Waals surface area contributed by atoms with Crippen molar-refractivity contribution in [3.63, 3.8) is 0 Å². The molecule has 0 spiro atoms. The summed E-state index contributed by atoms with van der Waals surface area (Å²) in [6.45, 7) is 2.77. The van der Waals surface area contributed by atoms with Crippen LogP contribution in [0.3, 0.4) is 0 Å². The Morgan fingerprint density at radius 3 is 2.65 bits per heavy atom. The Labute approximate surface area is 127 Å². The number of halogens is 1. The third kappa shape index (κ3) is 2.31. The second-order valence-electron chi connectivity index (χ2n) is 4.95. The maximum Gasteiger partial charge on any atom is 0.196 e. The first-order chi connectivity index (χ1) is 9.66. The van der Waals surface area contributed by atoms with Gasteiger partial charge in [-0.05, 0) is 36.2 Å². The molecular weight excluding hydrogens is 314 g/mol. The topological polar surface area (TPSA) is 41.6 Å². The van der Waals surface area contributed by atoms with Crippen LogP contribution in [0.15, 0.2) is 58.0 Å². The minimum absolute atomic E-state index is 0.146. The van der Waals surface area contributed by atoms with Crippen molar-refractivity contribution in [3.05, 3.63) is 64.1 Å². The summed E-state index contributed by atoms with van der Waals surface area (Å²) in [6, 6.07) is 16.7. The van der Waals surface area contributed by atoms with Gasteiger partial charge in [-0.3, -0.25) is 4.99 Å². The molecule has 20 heavy (non-hydrogen) atoms. The van der Waals surface area contributed by atoms with Crippen LogP contribution in [-0.2, 0) is 0 Å². The smallest absolute Gasteiger partial charge is 0.196 e. The zero-order valence-electron chi connectivity index (χ0n) is 11.3. The lowest BCUT2D eigenvalue weighted by molar-refractivity contribution is 0.764. The molecule has 1 aliphatic heterocycles. The zero-order chi connectivity index (χ0) is 14.1. The van der Waals surface area contributed by atoms with E-state index in [0.717, 1.165) is 10.2 Å². The lowest BCUT2D eigenvalue weighted by Crippen LogP contribution is -2.36. The van der Waals surface area contributed by atoms with Crippen molar-refractivity contribution < 1.29 is 0 Å². The summed E-state index contributed by atoms with van der Waals surface area (Å²) in [5, 5.41) is 0. The first-order valence-corrected chi connectivity index (χ1v) is 7.36. The van der Waals surface area contributed by atoms with Crippen LogP contribution in [0, 0.1) is 6.92 Å². The molecule has 0 aromatic heterocycles. The molecule has 1 unspecified atom stereocenters. The van der Waals surface area contributed by atoms with Gasteiger partial charge in [-0.25, -0.2) is 0 Å². The number of hydrogen-bond donors (Lipinski definition) is 1. The Balaban J connectivity index is 2.01. The van der Waals surface area contributed by atoms with Gasteiger partial charge in [0.05, 0.1) is 12.6 Å². The largest absolute Gasteiger partial charge is 0.369 e. The quantitative estimate of drug-likeness (QED) is 0.913. The number of hydrogen-bond acceptors (Lipinski definition) is 3. The maximum atomic E-state index is 6.08. The number of benzene rings is 2. The summed E-state index contributed by atoms with van der Waals surface area (Å²) < 4.78 is 1.10. The summed E-state index contributed by atoms with van der Waals surface area (Å²) in [5.41, 5.74) is 9.60. The first kappa shape index (κ1) is 13.2. The van der Waals surface area contributed by atoms with Crippen molar-refractivity contribution >= 4 is 27.6 Å². The Morgan fingerprint density at radius 1 is 1.20 bits per heavy atom. The molecule has 3 nitrogen and oxygen atoms in total. The van der Waals surface area contributed by atoms with Gasteiger partial charge in [-0.15, -0.1) is 0 Å². The van der Waals surface area contributed by atoms with Crippen LogP contribution < -0.4 is 10.6 Å². The summed E-state index contributed by atoms with van der Waals surface area (Å²) in [5.74, 6) is 0.577. The maximum absolute atomic E-state index is 6.08. The van der Waals surface area contributed by atoms with Gasteiger partial charge in [0.15, 0.2) is 5.96 Å². The van der Waals surface area contributed by atoms with Crippen LogP contribution in [0.5, 0.6) is 0 Å². The van der Waals surface area contributed by atoms with Crippen molar-refractivity contribution in [2.75, 3.05) is 11.4 Å². The predicted octanol–water partition coefficient (Wildman–Crippen LogP) is 3.63.